The van der Waals surface area contributed by atoms with Gasteiger partial charge in [0.25, 0.3) is 0 Å². The van der Waals surface area contributed by atoms with Gasteiger partial charge in [0.2, 0.25) is 0 Å². The van der Waals surface area contributed by atoms with Crippen molar-refractivity contribution in [2.45, 2.75) is 6.54 Å². The molecule has 0 aliphatic rings. The van der Waals surface area contributed by atoms with E-state index in [1.807, 2.05) is 18.2 Å². The van der Waals surface area contributed by atoms with Crippen LogP contribution in [0.25, 0.3) is 0 Å². The molecule has 5 nitrogen and oxygen atoms in total. The molecule has 2 N–H and O–H groups in total. The van der Waals surface area contributed by atoms with Gasteiger partial charge in [-0.25, -0.2) is 0 Å². The molecule has 18 heavy (non-hydrogen) atoms. The van der Waals surface area contributed by atoms with Gasteiger partial charge in [0.15, 0.2) is 11.5 Å². The van der Waals surface area contributed by atoms with Gasteiger partial charge in [0.1, 0.15) is 6.61 Å². The Bertz CT molecular complexity index is 344. The summed E-state index contributed by atoms with van der Waals surface area (Å²) in [7, 11) is 3.25. The number of aliphatic hydroxyl groups is 1. The fourth-order valence-corrected chi connectivity index (χ4v) is 1.55. The number of benzene rings is 1. The molecule has 0 aliphatic carbocycles. The number of methoxy groups -OCH3 is 2. The van der Waals surface area contributed by atoms with Crippen LogP contribution >= 0.6 is 0 Å². The van der Waals surface area contributed by atoms with E-state index in [9.17, 15) is 0 Å². The second-order valence-electron chi connectivity index (χ2n) is 3.69. The molecule has 0 atom stereocenters. The van der Waals surface area contributed by atoms with Crippen molar-refractivity contribution in [3.63, 3.8) is 0 Å². The Morgan fingerprint density at radius 3 is 2.72 bits per heavy atom. The highest BCUT2D eigenvalue weighted by Gasteiger charge is 2.10. The van der Waals surface area contributed by atoms with Crippen molar-refractivity contribution < 1.29 is 19.3 Å². The van der Waals surface area contributed by atoms with Crippen LogP contribution in [0.1, 0.15) is 5.56 Å². The summed E-state index contributed by atoms with van der Waals surface area (Å²) in [4.78, 5) is 0. The lowest BCUT2D eigenvalue weighted by atomic mass is 10.2. The third kappa shape index (κ3) is 4.52. The maximum Gasteiger partial charge on any atom is 0.165 e. The van der Waals surface area contributed by atoms with Crippen molar-refractivity contribution in [2.75, 3.05) is 40.6 Å². The van der Waals surface area contributed by atoms with E-state index in [0.29, 0.717) is 32.1 Å². The van der Waals surface area contributed by atoms with Crippen LogP contribution < -0.4 is 14.8 Å². The van der Waals surface area contributed by atoms with Crippen molar-refractivity contribution in [2.24, 2.45) is 0 Å². The number of aliphatic hydroxyl groups excluding tert-OH is 1. The molecule has 0 saturated heterocycles. The first-order valence-electron chi connectivity index (χ1n) is 5.92. The first-order valence-corrected chi connectivity index (χ1v) is 5.92. The summed E-state index contributed by atoms with van der Waals surface area (Å²) in [5.41, 5.74) is 0.999. The highest BCUT2D eigenvalue weighted by molar-refractivity contribution is 5.46. The van der Waals surface area contributed by atoms with Gasteiger partial charge in [-0.15, -0.1) is 0 Å². The fourth-order valence-electron chi connectivity index (χ4n) is 1.55. The van der Waals surface area contributed by atoms with E-state index in [0.717, 1.165) is 11.3 Å². The molecule has 0 bridgehead atoms. The highest BCUT2D eigenvalue weighted by Crippen LogP contribution is 2.30. The fraction of sp³-hybridized carbons (Fsp3) is 0.538. The summed E-state index contributed by atoms with van der Waals surface area (Å²) in [5.74, 6) is 1.43. The van der Waals surface area contributed by atoms with Crippen molar-refractivity contribution in [1.82, 2.24) is 5.32 Å². The molecular weight excluding hydrogens is 234 g/mol. The first kappa shape index (κ1) is 14.8. The Morgan fingerprint density at radius 1 is 1.22 bits per heavy atom. The lowest BCUT2D eigenvalue weighted by Gasteiger charge is -2.15. The van der Waals surface area contributed by atoms with Crippen LogP contribution in [0.4, 0.5) is 0 Å². The predicted octanol–water partition coefficient (Wildman–Crippen LogP) is 0.802. The molecule has 1 rings (SSSR count). The molecule has 0 spiro atoms. The van der Waals surface area contributed by atoms with Gasteiger partial charge in [-0.1, -0.05) is 12.1 Å². The average Bonchev–Trinajstić information content (AvgIpc) is 2.40. The Kier molecular flexibility index (Phi) is 7.17. The van der Waals surface area contributed by atoms with Crippen molar-refractivity contribution in [3.8, 4) is 11.5 Å². The normalized spacial score (nSPS) is 10.4. The average molecular weight is 255 g/mol. The number of rotatable bonds is 9. The third-order valence-electron chi connectivity index (χ3n) is 2.42. The highest BCUT2D eigenvalue weighted by atomic mass is 16.5. The van der Waals surface area contributed by atoms with Crippen molar-refractivity contribution in [3.05, 3.63) is 23.8 Å². The molecule has 0 saturated carbocycles. The summed E-state index contributed by atoms with van der Waals surface area (Å²) in [5, 5.41) is 11.9. The Balaban J connectivity index is 2.72. The van der Waals surface area contributed by atoms with Crippen LogP contribution in [0.2, 0.25) is 0 Å². The number of ether oxygens (including phenoxy) is 3. The third-order valence-corrected chi connectivity index (χ3v) is 2.42. The summed E-state index contributed by atoms with van der Waals surface area (Å²) >= 11 is 0. The molecule has 5 heteroatoms. The van der Waals surface area contributed by atoms with Gasteiger partial charge in [-0.2, -0.15) is 0 Å². The smallest absolute Gasteiger partial charge is 0.165 e. The Hall–Kier alpha value is -1.30. The van der Waals surface area contributed by atoms with Crippen molar-refractivity contribution in [1.29, 1.82) is 0 Å². The van der Waals surface area contributed by atoms with Crippen LogP contribution in [0.15, 0.2) is 18.2 Å². The lowest BCUT2D eigenvalue weighted by molar-refractivity contribution is 0.143. The molecular formula is C13H21NO4. The monoisotopic (exact) mass is 255 g/mol. The quantitative estimate of drug-likeness (QED) is 0.639. The molecule has 0 aromatic heterocycles. The standard InChI is InChI=1S/C13H21NO4/c1-16-8-9-18-13-11(10-14-6-7-15)4-3-5-12(13)17-2/h3-5,14-15H,6-10H2,1-2H3. The predicted molar refractivity (Wildman–Crippen MR) is 69.2 cm³/mol. The summed E-state index contributed by atoms with van der Waals surface area (Å²) in [6.45, 7) is 2.30. The maximum atomic E-state index is 8.75. The minimum Gasteiger partial charge on any atom is -0.493 e. The second-order valence-corrected chi connectivity index (χ2v) is 3.69. The maximum absolute atomic E-state index is 8.75. The molecule has 0 unspecified atom stereocenters. The van der Waals surface area contributed by atoms with Crippen molar-refractivity contribution >= 4 is 0 Å². The van der Waals surface area contributed by atoms with Gasteiger partial charge >= 0.3 is 0 Å². The van der Waals surface area contributed by atoms with Gasteiger partial charge in [-0.3, -0.25) is 0 Å². The van der Waals surface area contributed by atoms with E-state index in [2.05, 4.69) is 5.32 Å². The summed E-state index contributed by atoms with van der Waals surface area (Å²) in [6, 6.07) is 5.74. The summed E-state index contributed by atoms with van der Waals surface area (Å²) in [6.07, 6.45) is 0. The molecule has 1 aromatic rings. The zero-order valence-corrected chi connectivity index (χ0v) is 10.9. The van der Waals surface area contributed by atoms with Crippen LogP contribution in [0.5, 0.6) is 11.5 Å². The van der Waals surface area contributed by atoms with Gasteiger partial charge in [0.05, 0.1) is 20.3 Å². The number of para-hydroxylation sites is 1. The van der Waals surface area contributed by atoms with Gasteiger partial charge in [-0.05, 0) is 6.07 Å². The number of hydrogen-bond acceptors (Lipinski definition) is 5. The molecule has 0 aliphatic heterocycles. The molecule has 1 aromatic carbocycles. The molecule has 0 radical (unpaired) electrons. The molecule has 0 amide bonds. The summed E-state index contributed by atoms with van der Waals surface area (Å²) < 4.78 is 15.9. The SMILES string of the molecule is COCCOc1c(CNCCO)cccc1OC. The number of nitrogens with one attached hydrogen (secondary N) is 1. The molecule has 0 fully saturated rings. The van der Waals surface area contributed by atoms with Crippen LogP contribution in [0.3, 0.4) is 0 Å². The zero-order valence-electron chi connectivity index (χ0n) is 10.9. The molecule has 0 heterocycles. The Morgan fingerprint density at radius 2 is 2.06 bits per heavy atom. The largest absolute Gasteiger partial charge is 0.493 e. The van der Waals surface area contributed by atoms with Gasteiger partial charge < -0.3 is 24.6 Å². The van der Waals surface area contributed by atoms with Crippen LogP contribution in [0, 0.1) is 0 Å². The van der Waals surface area contributed by atoms with Gasteiger partial charge in [0, 0.05) is 25.8 Å². The van der Waals surface area contributed by atoms with Crippen LogP contribution in [-0.4, -0.2) is 45.7 Å². The Labute approximate surface area is 108 Å². The van der Waals surface area contributed by atoms with E-state index in [1.54, 1.807) is 14.2 Å². The van der Waals surface area contributed by atoms with E-state index in [4.69, 9.17) is 19.3 Å². The lowest BCUT2D eigenvalue weighted by Crippen LogP contribution is -2.18. The zero-order chi connectivity index (χ0) is 13.2. The topological polar surface area (TPSA) is 60.0 Å². The minimum atomic E-state index is 0.115. The minimum absolute atomic E-state index is 0.115. The van der Waals surface area contributed by atoms with E-state index >= 15 is 0 Å². The van der Waals surface area contributed by atoms with E-state index < -0.39 is 0 Å². The van der Waals surface area contributed by atoms with E-state index in [-0.39, 0.29) is 6.61 Å². The second kappa shape index (κ2) is 8.74. The molecule has 102 valence electrons. The number of hydrogen-bond donors (Lipinski definition) is 2. The first-order chi connectivity index (χ1) is 8.83. The van der Waals surface area contributed by atoms with E-state index in [1.165, 1.54) is 0 Å². The van der Waals surface area contributed by atoms with Crippen LogP contribution in [-0.2, 0) is 11.3 Å².